The molecule has 1 fully saturated rings. The van der Waals surface area contributed by atoms with Crippen molar-refractivity contribution in [1.29, 1.82) is 0 Å². The summed E-state index contributed by atoms with van der Waals surface area (Å²) >= 11 is 1.81. The van der Waals surface area contributed by atoms with Gasteiger partial charge in [-0.15, -0.1) is 35.3 Å². The summed E-state index contributed by atoms with van der Waals surface area (Å²) in [5, 5.41) is 8.58. The molecular weight excluding hydrogens is 399 g/mol. The number of thiophene rings is 1. The molecule has 2 atom stereocenters. The van der Waals surface area contributed by atoms with E-state index in [1.165, 1.54) is 4.88 Å². The molecule has 1 aromatic rings. The number of guanidine groups is 1. The van der Waals surface area contributed by atoms with Crippen molar-refractivity contribution in [2.45, 2.75) is 19.1 Å². The Kier molecular flexibility index (Phi) is 8.53. The number of rotatable bonds is 4. The first-order valence-electron chi connectivity index (χ1n) is 7.02. The first kappa shape index (κ1) is 18.7. The maximum absolute atomic E-state index is 5.65. The second-order valence-electron chi connectivity index (χ2n) is 4.91. The van der Waals surface area contributed by atoms with Crippen LogP contribution in [-0.2, 0) is 4.74 Å². The molecule has 1 aliphatic heterocycles. The van der Waals surface area contributed by atoms with Gasteiger partial charge in [0.1, 0.15) is 0 Å². The number of hydrogen-bond donors (Lipinski definition) is 2. The highest BCUT2D eigenvalue weighted by molar-refractivity contribution is 14.0. The van der Waals surface area contributed by atoms with E-state index in [1.807, 2.05) is 18.4 Å². The van der Waals surface area contributed by atoms with Crippen molar-refractivity contribution in [2.24, 2.45) is 4.99 Å². The highest BCUT2D eigenvalue weighted by atomic mass is 127. The number of ether oxygens (including phenoxy) is 1. The summed E-state index contributed by atoms with van der Waals surface area (Å²) in [7, 11) is 3.67. The summed E-state index contributed by atoms with van der Waals surface area (Å²) in [6.45, 7) is 5.75. The molecule has 120 valence electrons. The van der Waals surface area contributed by atoms with Crippen LogP contribution in [0.15, 0.2) is 22.5 Å². The molecule has 1 saturated heterocycles. The molecule has 2 rings (SSSR count). The summed E-state index contributed by atoms with van der Waals surface area (Å²) in [5.41, 5.74) is 0. The predicted octanol–water partition coefficient (Wildman–Crippen LogP) is 1.92. The summed E-state index contributed by atoms with van der Waals surface area (Å²) in [6, 6.07) is 4.69. The first-order valence-corrected chi connectivity index (χ1v) is 7.90. The lowest BCUT2D eigenvalue weighted by Gasteiger charge is -2.37. The summed E-state index contributed by atoms with van der Waals surface area (Å²) < 4.78 is 5.65. The minimum Gasteiger partial charge on any atom is -0.376 e. The number of nitrogens with zero attached hydrogens (tertiary/aromatic N) is 2. The minimum absolute atomic E-state index is 0. The van der Waals surface area contributed by atoms with E-state index in [0.29, 0.717) is 12.1 Å². The molecule has 21 heavy (non-hydrogen) atoms. The summed E-state index contributed by atoms with van der Waals surface area (Å²) in [4.78, 5) is 8.06. The fourth-order valence-corrected chi connectivity index (χ4v) is 3.35. The Morgan fingerprint density at radius 2 is 2.43 bits per heavy atom. The van der Waals surface area contributed by atoms with Crippen LogP contribution >= 0.6 is 35.3 Å². The van der Waals surface area contributed by atoms with Gasteiger partial charge in [0.15, 0.2) is 5.96 Å². The average Bonchev–Trinajstić information content (AvgIpc) is 2.97. The second-order valence-corrected chi connectivity index (χ2v) is 5.89. The van der Waals surface area contributed by atoms with E-state index in [1.54, 1.807) is 7.05 Å². The predicted molar refractivity (Wildman–Crippen MR) is 99.9 cm³/mol. The molecule has 0 bridgehead atoms. The molecule has 0 saturated carbocycles. The van der Waals surface area contributed by atoms with E-state index >= 15 is 0 Å². The molecule has 0 aromatic carbocycles. The van der Waals surface area contributed by atoms with Crippen molar-refractivity contribution in [2.75, 3.05) is 40.3 Å². The lowest BCUT2D eigenvalue weighted by atomic mass is 10.1. The van der Waals surface area contributed by atoms with Crippen LogP contribution in [0.4, 0.5) is 0 Å². The Hall–Kier alpha value is -0.380. The zero-order valence-corrected chi connectivity index (χ0v) is 16.0. The van der Waals surface area contributed by atoms with Crippen LogP contribution in [0.25, 0.3) is 0 Å². The Labute approximate surface area is 148 Å². The first-order chi connectivity index (χ1) is 9.74. The van der Waals surface area contributed by atoms with Crippen molar-refractivity contribution in [1.82, 2.24) is 15.5 Å². The minimum atomic E-state index is 0. The normalized spacial score (nSPS) is 21.5. The van der Waals surface area contributed by atoms with Crippen LogP contribution in [0.1, 0.15) is 17.8 Å². The van der Waals surface area contributed by atoms with E-state index in [2.05, 4.69) is 45.0 Å². The standard InChI is InChI=1S/C14H24N4OS.HI/c1-11-10-18(6-7-19-11)12(13-5-4-8-20-13)9-17-14(15-2)16-3;/h4-5,8,11-12H,6-7,9-10H2,1-3H3,(H2,15,16,17);1H. The number of aliphatic imine (C=N–C) groups is 1. The number of nitrogens with one attached hydrogen (secondary N) is 2. The summed E-state index contributed by atoms with van der Waals surface area (Å²) in [6.07, 6.45) is 0.301. The maximum atomic E-state index is 5.65. The van der Waals surface area contributed by atoms with Crippen molar-refractivity contribution in [3.8, 4) is 0 Å². The smallest absolute Gasteiger partial charge is 0.190 e. The zero-order chi connectivity index (χ0) is 14.4. The van der Waals surface area contributed by atoms with Gasteiger partial charge >= 0.3 is 0 Å². The topological polar surface area (TPSA) is 48.9 Å². The molecule has 0 amide bonds. The maximum Gasteiger partial charge on any atom is 0.190 e. The monoisotopic (exact) mass is 424 g/mol. The van der Waals surface area contributed by atoms with Gasteiger partial charge in [-0.05, 0) is 18.4 Å². The van der Waals surface area contributed by atoms with E-state index in [0.717, 1.165) is 32.2 Å². The van der Waals surface area contributed by atoms with Crippen molar-refractivity contribution < 1.29 is 4.74 Å². The zero-order valence-electron chi connectivity index (χ0n) is 12.8. The van der Waals surface area contributed by atoms with E-state index in [9.17, 15) is 0 Å². The molecule has 2 heterocycles. The van der Waals surface area contributed by atoms with Crippen LogP contribution in [-0.4, -0.2) is 57.3 Å². The van der Waals surface area contributed by atoms with Gasteiger partial charge in [0.25, 0.3) is 0 Å². The molecule has 0 aliphatic carbocycles. The fraction of sp³-hybridized carbons (Fsp3) is 0.643. The molecule has 0 spiro atoms. The van der Waals surface area contributed by atoms with Gasteiger partial charge < -0.3 is 15.4 Å². The third-order valence-corrected chi connectivity index (χ3v) is 4.48. The molecule has 5 nitrogen and oxygen atoms in total. The Morgan fingerprint density at radius 1 is 1.62 bits per heavy atom. The molecule has 2 N–H and O–H groups in total. The van der Waals surface area contributed by atoms with Gasteiger partial charge in [-0.2, -0.15) is 0 Å². The molecule has 1 aromatic heterocycles. The van der Waals surface area contributed by atoms with Crippen LogP contribution in [0, 0.1) is 0 Å². The van der Waals surface area contributed by atoms with Crippen molar-refractivity contribution in [3.63, 3.8) is 0 Å². The third kappa shape index (κ3) is 5.39. The highest BCUT2D eigenvalue weighted by Gasteiger charge is 2.26. The van der Waals surface area contributed by atoms with Crippen LogP contribution < -0.4 is 10.6 Å². The second kappa shape index (κ2) is 9.60. The van der Waals surface area contributed by atoms with Crippen LogP contribution in [0.3, 0.4) is 0 Å². The van der Waals surface area contributed by atoms with Gasteiger partial charge in [-0.3, -0.25) is 9.89 Å². The van der Waals surface area contributed by atoms with Gasteiger partial charge in [0.2, 0.25) is 0 Å². The van der Waals surface area contributed by atoms with Gasteiger partial charge in [-0.1, -0.05) is 6.07 Å². The van der Waals surface area contributed by atoms with E-state index in [-0.39, 0.29) is 24.0 Å². The van der Waals surface area contributed by atoms with Gasteiger partial charge in [-0.25, -0.2) is 0 Å². The van der Waals surface area contributed by atoms with Crippen molar-refractivity contribution in [3.05, 3.63) is 22.4 Å². The lowest BCUT2D eigenvalue weighted by Crippen LogP contribution is -2.47. The Bertz CT molecular complexity index is 427. The molecule has 7 heteroatoms. The molecule has 2 unspecified atom stereocenters. The van der Waals surface area contributed by atoms with E-state index < -0.39 is 0 Å². The van der Waals surface area contributed by atoms with Crippen LogP contribution in [0.2, 0.25) is 0 Å². The quantitative estimate of drug-likeness (QED) is 0.441. The Balaban J connectivity index is 0.00000220. The van der Waals surface area contributed by atoms with Crippen LogP contribution in [0.5, 0.6) is 0 Å². The van der Waals surface area contributed by atoms with E-state index in [4.69, 9.17) is 4.74 Å². The largest absolute Gasteiger partial charge is 0.376 e. The highest BCUT2D eigenvalue weighted by Crippen LogP contribution is 2.26. The lowest BCUT2D eigenvalue weighted by molar-refractivity contribution is -0.0334. The van der Waals surface area contributed by atoms with Crippen molar-refractivity contribution >= 4 is 41.3 Å². The fourth-order valence-electron chi connectivity index (χ4n) is 2.49. The SMILES string of the molecule is CN=C(NC)NCC(c1cccs1)N1CCOC(C)C1.I. The van der Waals surface area contributed by atoms with Gasteiger partial charge in [0, 0.05) is 38.6 Å². The average molecular weight is 424 g/mol. The number of halogens is 1. The summed E-state index contributed by atoms with van der Waals surface area (Å²) in [5.74, 6) is 0.827. The molecule has 1 aliphatic rings. The number of morpholine rings is 1. The third-order valence-electron chi connectivity index (χ3n) is 3.51. The molecule has 0 radical (unpaired) electrons. The Morgan fingerprint density at radius 3 is 3.00 bits per heavy atom. The van der Waals surface area contributed by atoms with Gasteiger partial charge in [0.05, 0.1) is 18.8 Å². The number of hydrogen-bond acceptors (Lipinski definition) is 4. The molecular formula is C14H25IN4OS.